The highest BCUT2D eigenvalue weighted by Crippen LogP contribution is 2.44. The Morgan fingerprint density at radius 1 is 1.20 bits per heavy atom. The van der Waals surface area contributed by atoms with Gasteiger partial charge in [-0.2, -0.15) is 13.2 Å². The lowest BCUT2D eigenvalue weighted by Crippen LogP contribution is -2.38. The highest BCUT2D eigenvalue weighted by molar-refractivity contribution is 6.10. The van der Waals surface area contributed by atoms with Crippen LogP contribution >= 0.6 is 0 Å². The topological polar surface area (TPSA) is 108 Å². The largest absolute Gasteiger partial charge is 0.438 e. The summed E-state index contributed by atoms with van der Waals surface area (Å²) < 4.78 is 45.4. The van der Waals surface area contributed by atoms with Gasteiger partial charge in [-0.25, -0.2) is 0 Å². The van der Waals surface area contributed by atoms with E-state index in [1.54, 1.807) is 18.2 Å². The summed E-state index contributed by atoms with van der Waals surface area (Å²) in [4.78, 5) is 21.3. The molecule has 30 heavy (non-hydrogen) atoms. The number of pyridine rings is 2. The first-order valence-electron chi connectivity index (χ1n) is 9.65. The van der Waals surface area contributed by atoms with Crippen LogP contribution in [0.25, 0.3) is 11.1 Å². The maximum absolute atomic E-state index is 13.3. The van der Waals surface area contributed by atoms with E-state index < -0.39 is 24.1 Å². The van der Waals surface area contributed by atoms with Crippen LogP contribution in [0.2, 0.25) is 0 Å². The van der Waals surface area contributed by atoms with Crippen LogP contribution in [0, 0.1) is 5.92 Å². The van der Waals surface area contributed by atoms with E-state index in [1.807, 2.05) is 0 Å². The first kappa shape index (κ1) is 20.3. The molecule has 1 aliphatic carbocycles. The summed E-state index contributed by atoms with van der Waals surface area (Å²) in [6, 6.07) is 4.45. The van der Waals surface area contributed by atoms with E-state index in [1.165, 1.54) is 18.6 Å². The van der Waals surface area contributed by atoms with E-state index in [9.17, 15) is 18.0 Å². The second-order valence-electron chi connectivity index (χ2n) is 7.77. The van der Waals surface area contributed by atoms with Crippen LogP contribution in [-0.4, -0.2) is 28.0 Å². The van der Waals surface area contributed by atoms with Crippen LogP contribution in [0.5, 0.6) is 0 Å². The van der Waals surface area contributed by atoms with Crippen molar-refractivity contribution < 1.29 is 22.4 Å². The number of ketones is 1. The fourth-order valence-corrected chi connectivity index (χ4v) is 4.35. The molecule has 3 atom stereocenters. The standard InChI is InChI=1S/C21H21F3N4O2/c22-21(23,24)13-6-11(7-14(25)9-13)15-3-5-27-10-12(15)8-16(29)18-19-17(30-20(18)26)2-1-4-28-19/h1-5,10-11,13-14H,6-9,25-26H2/t11?,13-,14+/m0/s1. The molecule has 9 heteroatoms. The molecule has 6 nitrogen and oxygen atoms in total. The molecule has 0 bridgehead atoms. The van der Waals surface area contributed by atoms with Crippen LogP contribution in [0.15, 0.2) is 41.2 Å². The molecule has 0 spiro atoms. The number of halogens is 3. The van der Waals surface area contributed by atoms with Gasteiger partial charge in [-0.1, -0.05) is 0 Å². The molecule has 1 fully saturated rings. The maximum atomic E-state index is 13.3. The Balaban J connectivity index is 1.64. The number of anilines is 1. The Labute approximate surface area is 170 Å². The average molecular weight is 418 g/mol. The molecule has 3 aromatic heterocycles. The number of nitrogens with zero attached hydrogens (tertiary/aromatic N) is 2. The number of hydrogen-bond acceptors (Lipinski definition) is 6. The number of fused-ring (bicyclic) bond motifs is 1. The van der Waals surface area contributed by atoms with Crippen LogP contribution in [0.4, 0.5) is 19.1 Å². The van der Waals surface area contributed by atoms with Crippen LogP contribution in [0.3, 0.4) is 0 Å². The van der Waals surface area contributed by atoms with E-state index in [4.69, 9.17) is 15.9 Å². The second-order valence-corrected chi connectivity index (χ2v) is 7.77. The summed E-state index contributed by atoms with van der Waals surface area (Å²) in [6.45, 7) is 0. The van der Waals surface area contributed by atoms with Crippen LogP contribution in [-0.2, 0) is 6.42 Å². The highest BCUT2D eigenvalue weighted by Gasteiger charge is 2.44. The monoisotopic (exact) mass is 418 g/mol. The summed E-state index contributed by atoms with van der Waals surface area (Å²) in [5.74, 6) is -2.22. The second kappa shape index (κ2) is 7.71. The molecule has 4 rings (SSSR count). The lowest BCUT2D eigenvalue weighted by Gasteiger charge is -2.35. The van der Waals surface area contributed by atoms with E-state index in [0.717, 1.165) is 0 Å². The zero-order chi connectivity index (χ0) is 21.5. The molecule has 0 aromatic carbocycles. The molecule has 4 N–H and O–H groups in total. The van der Waals surface area contributed by atoms with Crippen molar-refractivity contribution in [2.75, 3.05) is 5.73 Å². The van der Waals surface area contributed by atoms with Crippen molar-refractivity contribution in [3.63, 3.8) is 0 Å². The molecular weight excluding hydrogens is 397 g/mol. The minimum Gasteiger partial charge on any atom is -0.438 e. The number of furan rings is 1. The van der Waals surface area contributed by atoms with Crippen molar-refractivity contribution in [1.29, 1.82) is 0 Å². The van der Waals surface area contributed by atoms with Crippen LogP contribution < -0.4 is 11.5 Å². The average Bonchev–Trinajstić information content (AvgIpc) is 3.03. The van der Waals surface area contributed by atoms with E-state index in [2.05, 4.69) is 9.97 Å². The minimum atomic E-state index is -4.30. The first-order chi connectivity index (χ1) is 14.2. The van der Waals surface area contributed by atoms with Crippen molar-refractivity contribution in [3.05, 3.63) is 53.5 Å². The zero-order valence-corrected chi connectivity index (χ0v) is 16.0. The molecule has 0 saturated heterocycles. The van der Waals surface area contributed by atoms with Crippen molar-refractivity contribution in [2.24, 2.45) is 11.7 Å². The lowest BCUT2D eigenvalue weighted by molar-refractivity contribution is -0.184. The van der Waals surface area contributed by atoms with Gasteiger partial charge in [-0.3, -0.25) is 14.8 Å². The smallest absolute Gasteiger partial charge is 0.391 e. The van der Waals surface area contributed by atoms with Crippen LogP contribution in [0.1, 0.15) is 46.7 Å². The molecule has 3 aromatic rings. The molecular formula is C21H21F3N4O2. The molecule has 158 valence electrons. The van der Waals surface area contributed by atoms with Gasteiger partial charge >= 0.3 is 6.18 Å². The van der Waals surface area contributed by atoms with Gasteiger partial charge in [0.15, 0.2) is 11.4 Å². The highest BCUT2D eigenvalue weighted by atomic mass is 19.4. The molecule has 0 aliphatic heterocycles. The van der Waals surface area contributed by atoms with Crippen molar-refractivity contribution in [3.8, 4) is 0 Å². The van der Waals surface area contributed by atoms with Gasteiger partial charge in [0.05, 0.1) is 5.92 Å². The number of nitrogen functional groups attached to an aromatic ring is 1. The number of rotatable bonds is 4. The summed E-state index contributed by atoms with van der Waals surface area (Å²) in [7, 11) is 0. The fraction of sp³-hybridized carbons (Fsp3) is 0.381. The lowest BCUT2D eigenvalue weighted by atomic mass is 9.74. The van der Waals surface area contributed by atoms with E-state index in [-0.39, 0.29) is 36.5 Å². The Morgan fingerprint density at radius 3 is 2.77 bits per heavy atom. The van der Waals surface area contributed by atoms with E-state index >= 15 is 0 Å². The molecule has 3 heterocycles. The van der Waals surface area contributed by atoms with Gasteiger partial charge in [0.25, 0.3) is 0 Å². The Hall–Kier alpha value is -2.94. The first-order valence-corrected chi connectivity index (χ1v) is 9.65. The minimum absolute atomic E-state index is 0.0315. The third-order valence-electron chi connectivity index (χ3n) is 5.69. The number of nitrogens with two attached hydrogens (primary N) is 2. The van der Waals surface area contributed by atoms with E-state index in [0.29, 0.717) is 28.6 Å². The number of aromatic nitrogens is 2. The van der Waals surface area contributed by atoms with Gasteiger partial charge < -0.3 is 15.9 Å². The van der Waals surface area contributed by atoms with Crippen molar-refractivity contribution >= 4 is 22.8 Å². The predicted molar refractivity (Wildman–Crippen MR) is 105 cm³/mol. The number of alkyl halides is 3. The molecule has 1 unspecified atom stereocenters. The normalized spacial score (nSPS) is 22.3. The summed E-state index contributed by atoms with van der Waals surface area (Å²) in [5, 5.41) is 0. The van der Waals surface area contributed by atoms with Gasteiger partial charge in [0, 0.05) is 31.1 Å². The number of hydrogen-bond donors (Lipinski definition) is 2. The molecule has 1 saturated carbocycles. The SMILES string of the molecule is Nc1oc2cccnc2c1C(=O)Cc1cnccc1C1C[C@@H](N)C[C@@H](C(F)(F)F)C1. The number of carbonyl (C=O) groups excluding carboxylic acids is 1. The summed E-state index contributed by atoms with van der Waals surface area (Å²) >= 11 is 0. The van der Waals surface area contributed by atoms with Gasteiger partial charge in [0.2, 0.25) is 5.88 Å². The maximum Gasteiger partial charge on any atom is 0.391 e. The van der Waals surface area contributed by atoms with Gasteiger partial charge in [0.1, 0.15) is 11.1 Å². The Morgan fingerprint density at radius 2 is 2.00 bits per heavy atom. The van der Waals surface area contributed by atoms with Crippen molar-refractivity contribution in [2.45, 2.75) is 43.8 Å². The molecule has 0 radical (unpaired) electrons. The van der Waals surface area contributed by atoms with Gasteiger partial charge in [-0.15, -0.1) is 0 Å². The number of Topliss-reactive ketones (excluding diaryl/α,β-unsaturated/α-hetero) is 1. The fourth-order valence-electron chi connectivity index (χ4n) is 4.35. The van der Waals surface area contributed by atoms with Crippen molar-refractivity contribution in [1.82, 2.24) is 9.97 Å². The Kier molecular flexibility index (Phi) is 5.23. The van der Waals surface area contributed by atoms with Gasteiger partial charge in [-0.05, 0) is 54.5 Å². The Bertz CT molecular complexity index is 1080. The molecule has 0 amide bonds. The summed E-state index contributed by atoms with van der Waals surface area (Å²) in [5.41, 5.74) is 14.0. The predicted octanol–water partition coefficient (Wildman–Crippen LogP) is 4.00. The summed E-state index contributed by atoms with van der Waals surface area (Å²) in [6.07, 6.45) is 0.497. The third-order valence-corrected chi connectivity index (χ3v) is 5.69. The number of carbonyl (C=O) groups is 1. The zero-order valence-electron chi connectivity index (χ0n) is 16.0. The third kappa shape index (κ3) is 3.89. The molecule has 1 aliphatic rings. The quantitative estimate of drug-likeness (QED) is 0.620.